The number of piperidine rings is 2. The molecule has 14 nitrogen and oxygen atoms in total. The van der Waals surface area contributed by atoms with E-state index < -0.39 is 10.0 Å². The van der Waals surface area contributed by atoms with Gasteiger partial charge >= 0.3 is 0 Å². The molecule has 0 saturated carbocycles. The Morgan fingerprint density at radius 2 is 1.64 bits per heavy atom. The Morgan fingerprint density at radius 3 is 2.39 bits per heavy atom. The van der Waals surface area contributed by atoms with Crippen molar-refractivity contribution in [1.82, 2.24) is 25.2 Å². The summed E-state index contributed by atoms with van der Waals surface area (Å²) < 4.78 is 42.3. The molecule has 4 aliphatic heterocycles. The van der Waals surface area contributed by atoms with Crippen LogP contribution in [0.3, 0.4) is 0 Å². The lowest BCUT2D eigenvalue weighted by molar-refractivity contribution is -0.134. The van der Waals surface area contributed by atoms with E-state index in [1.807, 2.05) is 48.5 Å². The lowest BCUT2D eigenvalue weighted by Crippen LogP contribution is -2.47. The first-order valence-electron chi connectivity index (χ1n) is 20.5. The van der Waals surface area contributed by atoms with Crippen molar-refractivity contribution in [2.45, 2.75) is 44.4 Å². The maximum Gasteiger partial charge on any atom is 0.234 e. The van der Waals surface area contributed by atoms with Crippen LogP contribution in [0.2, 0.25) is 0 Å². The number of halogens is 1. The van der Waals surface area contributed by atoms with Crippen LogP contribution in [0, 0.1) is 11.7 Å². The van der Waals surface area contributed by atoms with Crippen LogP contribution in [0.4, 0.5) is 44.6 Å². The van der Waals surface area contributed by atoms with Gasteiger partial charge in [0.2, 0.25) is 27.8 Å². The molecule has 3 fully saturated rings. The average molecular weight is 821 g/mol. The molecule has 3 aromatic carbocycles. The zero-order valence-corrected chi connectivity index (χ0v) is 33.9. The predicted molar refractivity (Wildman–Crippen MR) is 229 cm³/mol. The fourth-order valence-corrected chi connectivity index (χ4v) is 10.0. The number of nitrogens with one attached hydrogen (secondary N) is 4. The van der Waals surface area contributed by atoms with E-state index in [4.69, 9.17) is 4.98 Å². The zero-order valence-electron chi connectivity index (χ0n) is 33.1. The standard InChI is InChI=1S/C43H49FN10O4S/c1-59(57,58)54-22-17-30-3-2-4-36(39(30)54)47-41-34-13-18-45-40(34)49-43(50-41)46-31-7-11-37(35(44)27-31)53-25-23-51(24-26-53)19-14-28-15-20-52(21-16-28)32-8-5-29(6-9-32)33-10-12-38(55)48-42(33)56/h2-9,11,13,18,27-28,33H,10,12,14-17,19-26H2,1H3,(H,48,55,56)(H3,45,46,47,49,50). The molecule has 4 aliphatic rings. The molecule has 0 bridgehead atoms. The maximum atomic E-state index is 15.7. The molecule has 5 aromatic rings. The summed E-state index contributed by atoms with van der Waals surface area (Å²) in [4.78, 5) is 43.3. The largest absolute Gasteiger partial charge is 0.372 e. The van der Waals surface area contributed by atoms with Gasteiger partial charge < -0.3 is 25.4 Å². The number of rotatable bonds is 11. The molecule has 59 heavy (non-hydrogen) atoms. The molecule has 0 spiro atoms. The predicted octanol–water partition coefficient (Wildman–Crippen LogP) is 5.86. The molecule has 0 radical (unpaired) electrons. The van der Waals surface area contributed by atoms with Crippen molar-refractivity contribution in [2.24, 2.45) is 5.92 Å². The Kier molecular flexibility index (Phi) is 10.6. The Hall–Kier alpha value is -5.74. The summed E-state index contributed by atoms with van der Waals surface area (Å²) in [6, 6.07) is 20.9. The van der Waals surface area contributed by atoms with Crippen LogP contribution in [0.1, 0.15) is 49.1 Å². The fraction of sp³-hybridized carbons (Fsp3) is 0.395. The highest BCUT2D eigenvalue weighted by Crippen LogP contribution is 2.39. The van der Waals surface area contributed by atoms with E-state index in [-0.39, 0.29) is 29.5 Å². The molecule has 2 aromatic heterocycles. The average Bonchev–Trinajstić information content (AvgIpc) is 3.90. The number of piperazine rings is 1. The summed E-state index contributed by atoms with van der Waals surface area (Å²) in [7, 11) is -3.46. The molecular formula is C43H49FN10O4S. The van der Waals surface area contributed by atoms with E-state index in [0.717, 1.165) is 81.6 Å². The number of aromatic nitrogens is 3. The van der Waals surface area contributed by atoms with E-state index in [1.165, 1.54) is 22.3 Å². The molecule has 308 valence electrons. The molecule has 1 unspecified atom stereocenters. The minimum absolute atomic E-state index is 0.190. The first-order valence-corrected chi connectivity index (χ1v) is 22.3. The van der Waals surface area contributed by atoms with Crippen molar-refractivity contribution in [3.8, 4) is 0 Å². The van der Waals surface area contributed by atoms with E-state index >= 15 is 4.39 Å². The van der Waals surface area contributed by atoms with Gasteiger partial charge in [-0.2, -0.15) is 9.97 Å². The van der Waals surface area contributed by atoms with Gasteiger partial charge in [-0.3, -0.25) is 24.1 Å². The summed E-state index contributed by atoms with van der Waals surface area (Å²) >= 11 is 0. The van der Waals surface area contributed by atoms with Gasteiger partial charge in [-0.15, -0.1) is 0 Å². The van der Waals surface area contributed by atoms with Gasteiger partial charge in [-0.25, -0.2) is 12.8 Å². The van der Waals surface area contributed by atoms with Crippen LogP contribution < -0.4 is 30.1 Å². The molecule has 9 rings (SSSR count). The third-order valence-corrected chi connectivity index (χ3v) is 13.5. The highest BCUT2D eigenvalue weighted by atomic mass is 32.2. The van der Waals surface area contributed by atoms with Crippen molar-refractivity contribution < 1.29 is 22.4 Å². The Labute approximate surface area is 343 Å². The number of carbonyl (C=O) groups excluding carboxylic acids is 2. The summed E-state index contributed by atoms with van der Waals surface area (Å²) in [6.45, 7) is 6.69. The van der Waals surface area contributed by atoms with Crippen LogP contribution in [0.15, 0.2) is 72.9 Å². The van der Waals surface area contributed by atoms with Crippen molar-refractivity contribution in [1.29, 1.82) is 0 Å². The summed E-state index contributed by atoms with van der Waals surface area (Å²) in [5.41, 5.74) is 6.00. The highest BCUT2D eigenvalue weighted by molar-refractivity contribution is 7.92. The van der Waals surface area contributed by atoms with Crippen molar-refractivity contribution in [3.05, 3.63) is 89.9 Å². The van der Waals surface area contributed by atoms with Gasteiger partial charge in [0.15, 0.2) is 0 Å². The van der Waals surface area contributed by atoms with Gasteiger partial charge in [-0.1, -0.05) is 24.3 Å². The first kappa shape index (κ1) is 38.8. The summed E-state index contributed by atoms with van der Waals surface area (Å²) in [5, 5.41) is 9.72. The zero-order chi connectivity index (χ0) is 40.7. The SMILES string of the molecule is CS(=O)(=O)N1CCc2cccc(Nc3nc(Nc4ccc(N5CCN(CCC6CCN(c7ccc(C8CCC(=O)NC8=O)cc7)CC6)CC5)c(F)c4)nc4[nH]ccc34)c21. The van der Waals surface area contributed by atoms with E-state index in [9.17, 15) is 18.0 Å². The summed E-state index contributed by atoms with van der Waals surface area (Å²) in [5.74, 6) is 0.457. The normalized spacial score (nSPS) is 19.3. The number of carbonyl (C=O) groups is 2. The number of anilines is 7. The molecule has 3 saturated heterocycles. The molecule has 0 aliphatic carbocycles. The van der Waals surface area contributed by atoms with Crippen LogP contribution in [-0.4, -0.2) is 98.7 Å². The first-order chi connectivity index (χ1) is 28.6. The van der Waals surface area contributed by atoms with Crippen LogP contribution in [0.5, 0.6) is 0 Å². The third-order valence-electron chi connectivity index (χ3n) is 12.3. The second-order valence-corrected chi connectivity index (χ2v) is 18.0. The molecule has 2 amide bonds. The lowest BCUT2D eigenvalue weighted by atomic mass is 9.90. The molecular weight excluding hydrogens is 772 g/mol. The number of benzene rings is 3. The van der Waals surface area contributed by atoms with Crippen LogP contribution in [0.25, 0.3) is 11.0 Å². The van der Waals surface area contributed by atoms with Crippen molar-refractivity contribution in [3.63, 3.8) is 0 Å². The summed E-state index contributed by atoms with van der Waals surface area (Å²) in [6.07, 6.45) is 7.98. The second kappa shape index (κ2) is 16.1. The quantitative estimate of drug-likeness (QED) is 0.118. The van der Waals surface area contributed by atoms with Gasteiger partial charge in [0.05, 0.1) is 34.6 Å². The van der Waals surface area contributed by atoms with E-state index in [0.29, 0.717) is 65.9 Å². The Morgan fingerprint density at radius 1 is 0.847 bits per heavy atom. The second-order valence-electron chi connectivity index (χ2n) is 16.1. The Balaban J connectivity index is 0.764. The number of hydrogen-bond acceptors (Lipinski definition) is 11. The van der Waals surface area contributed by atoms with E-state index in [2.05, 4.69) is 52.8 Å². The van der Waals surface area contributed by atoms with Crippen LogP contribution in [-0.2, 0) is 26.0 Å². The highest BCUT2D eigenvalue weighted by Gasteiger charge is 2.30. The molecule has 4 N–H and O–H groups in total. The number of nitrogens with zero attached hydrogens (tertiary/aromatic N) is 6. The number of fused-ring (bicyclic) bond motifs is 2. The number of para-hydroxylation sites is 1. The number of hydrogen-bond donors (Lipinski definition) is 4. The minimum atomic E-state index is -3.46. The van der Waals surface area contributed by atoms with Gasteiger partial charge in [0, 0.05) is 69.8 Å². The van der Waals surface area contributed by atoms with Crippen molar-refractivity contribution >= 4 is 73.1 Å². The molecule has 6 heterocycles. The number of sulfonamides is 1. The number of H-pyrrole nitrogens is 1. The minimum Gasteiger partial charge on any atom is -0.372 e. The topological polar surface area (TPSA) is 159 Å². The van der Waals surface area contributed by atoms with E-state index in [1.54, 1.807) is 6.20 Å². The third kappa shape index (κ3) is 8.28. The Bertz CT molecular complexity index is 2480. The van der Waals surface area contributed by atoms with Gasteiger partial charge in [0.1, 0.15) is 17.3 Å². The van der Waals surface area contributed by atoms with Crippen molar-refractivity contribution in [2.75, 3.05) is 83.4 Å². The number of imide groups is 1. The van der Waals surface area contributed by atoms with Gasteiger partial charge in [-0.05, 0) is 98.2 Å². The number of amides is 2. The van der Waals surface area contributed by atoms with Crippen LogP contribution >= 0.6 is 0 Å². The monoisotopic (exact) mass is 820 g/mol. The maximum absolute atomic E-state index is 15.7. The molecule has 16 heteroatoms. The molecule has 1 atom stereocenters. The number of aromatic amines is 1. The van der Waals surface area contributed by atoms with Gasteiger partial charge in [0.25, 0.3) is 0 Å². The fourth-order valence-electron chi connectivity index (χ4n) is 9.03. The smallest absolute Gasteiger partial charge is 0.234 e. The lowest BCUT2D eigenvalue weighted by Gasteiger charge is -2.38.